The Balaban J connectivity index is 2.16. The molecule has 0 aliphatic carbocycles. The Bertz CT molecular complexity index is 761. The van der Waals surface area contributed by atoms with Crippen LogP contribution in [0.25, 0.3) is 22.5 Å². The number of aromatic carboxylic acids is 1. The lowest BCUT2D eigenvalue weighted by Crippen LogP contribution is -1.97. The van der Waals surface area contributed by atoms with Crippen molar-refractivity contribution in [1.29, 1.82) is 0 Å². The molecule has 3 aromatic rings. The quantitative estimate of drug-likeness (QED) is 0.769. The van der Waals surface area contributed by atoms with Crippen LogP contribution in [-0.4, -0.2) is 41.1 Å². The minimum atomic E-state index is -1.01. The largest absolute Gasteiger partial charge is 0.478 e. The lowest BCUT2D eigenvalue weighted by molar-refractivity contribution is 0.0697. The molecule has 21 heavy (non-hydrogen) atoms. The van der Waals surface area contributed by atoms with Gasteiger partial charge < -0.3 is 5.11 Å². The minimum Gasteiger partial charge on any atom is -0.478 e. The first-order chi connectivity index (χ1) is 10.0. The number of aromatic nitrogens is 6. The van der Waals surface area contributed by atoms with Crippen molar-refractivity contribution in [3.63, 3.8) is 0 Å². The van der Waals surface area contributed by atoms with Crippen molar-refractivity contribution in [2.24, 2.45) is 14.1 Å². The van der Waals surface area contributed by atoms with Gasteiger partial charge in [-0.05, 0) is 18.2 Å². The van der Waals surface area contributed by atoms with Crippen LogP contribution in [0.3, 0.4) is 0 Å². The van der Waals surface area contributed by atoms with Crippen LogP contribution >= 0.6 is 0 Å². The average molecular weight is 284 g/mol. The van der Waals surface area contributed by atoms with Gasteiger partial charge in [-0.15, -0.1) is 10.2 Å². The number of nitrogens with zero attached hydrogens (tertiary/aromatic N) is 6. The normalized spacial score (nSPS) is 10.8. The first-order valence-corrected chi connectivity index (χ1v) is 6.15. The molecule has 2 aromatic heterocycles. The van der Waals surface area contributed by atoms with Crippen molar-refractivity contribution in [2.45, 2.75) is 0 Å². The number of carboxylic acids is 1. The number of carbonyl (C=O) groups is 1. The molecular formula is C13H12N6O2. The molecule has 0 bridgehead atoms. The third kappa shape index (κ3) is 2.50. The van der Waals surface area contributed by atoms with Crippen LogP contribution in [-0.2, 0) is 14.1 Å². The van der Waals surface area contributed by atoms with E-state index in [0.29, 0.717) is 22.5 Å². The Labute approximate surface area is 119 Å². The molecule has 0 fully saturated rings. The number of hydrogen-bond acceptors (Lipinski definition) is 5. The molecule has 106 valence electrons. The van der Waals surface area contributed by atoms with E-state index in [2.05, 4.69) is 20.6 Å². The fourth-order valence-electron chi connectivity index (χ4n) is 2.01. The molecule has 0 unspecified atom stereocenters. The Hall–Kier alpha value is -3.03. The highest BCUT2D eigenvalue weighted by atomic mass is 16.4. The molecule has 0 saturated heterocycles. The minimum absolute atomic E-state index is 0.166. The molecule has 0 atom stereocenters. The lowest BCUT2D eigenvalue weighted by Gasteiger charge is -2.03. The van der Waals surface area contributed by atoms with Crippen molar-refractivity contribution in [3.8, 4) is 22.5 Å². The molecule has 3 rings (SSSR count). The van der Waals surface area contributed by atoms with Gasteiger partial charge in [0, 0.05) is 25.2 Å². The summed E-state index contributed by atoms with van der Waals surface area (Å²) in [6.07, 6.45) is 3.45. The summed E-state index contributed by atoms with van der Waals surface area (Å²) in [6.45, 7) is 0. The predicted octanol–water partition coefficient (Wildman–Crippen LogP) is 0.976. The topological polar surface area (TPSA) is 98.7 Å². The van der Waals surface area contributed by atoms with Crippen LogP contribution in [0.2, 0.25) is 0 Å². The monoisotopic (exact) mass is 284 g/mol. The van der Waals surface area contributed by atoms with Crippen molar-refractivity contribution < 1.29 is 9.90 Å². The molecule has 8 nitrogen and oxygen atoms in total. The van der Waals surface area contributed by atoms with E-state index in [-0.39, 0.29) is 5.56 Å². The molecule has 2 heterocycles. The number of carboxylic acid groups (broad SMARTS) is 1. The molecule has 0 saturated carbocycles. The third-order valence-electron chi connectivity index (χ3n) is 2.98. The molecule has 1 N–H and O–H groups in total. The van der Waals surface area contributed by atoms with E-state index in [4.69, 9.17) is 0 Å². The molecule has 0 aliphatic heterocycles. The fraction of sp³-hybridized carbons (Fsp3) is 0.154. The second-order valence-electron chi connectivity index (χ2n) is 4.66. The summed E-state index contributed by atoms with van der Waals surface area (Å²) in [4.78, 5) is 11.3. The van der Waals surface area contributed by atoms with Gasteiger partial charge in [-0.1, -0.05) is 10.4 Å². The number of aryl methyl sites for hydroxylation is 2. The molecular weight excluding hydrogens is 272 g/mol. The Morgan fingerprint density at radius 2 is 1.43 bits per heavy atom. The number of rotatable bonds is 3. The van der Waals surface area contributed by atoms with E-state index in [1.54, 1.807) is 48.0 Å². The molecule has 0 aliphatic rings. The molecule has 0 amide bonds. The SMILES string of the molecule is Cn1cc(-c2cc(C(=O)O)cc(-c3cn(C)nn3)c2)nn1. The van der Waals surface area contributed by atoms with Gasteiger partial charge in [0.1, 0.15) is 11.4 Å². The molecule has 0 spiro atoms. The van der Waals surface area contributed by atoms with Crippen molar-refractivity contribution in [3.05, 3.63) is 36.2 Å². The summed E-state index contributed by atoms with van der Waals surface area (Å²) in [5.74, 6) is -1.01. The van der Waals surface area contributed by atoms with Crippen LogP contribution in [0.1, 0.15) is 10.4 Å². The molecule has 1 aromatic carbocycles. The Morgan fingerprint density at radius 3 is 1.76 bits per heavy atom. The van der Waals surface area contributed by atoms with Crippen molar-refractivity contribution in [1.82, 2.24) is 30.0 Å². The second kappa shape index (κ2) is 4.82. The van der Waals surface area contributed by atoms with Gasteiger partial charge in [0.2, 0.25) is 0 Å². The van der Waals surface area contributed by atoms with E-state index in [0.717, 1.165) is 0 Å². The van der Waals surface area contributed by atoms with E-state index in [1.165, 1.54) is 0 Å². The third-order valence-corrected chi connectivity index (χ3v) is 2.98. The fourth-order valence-corrected chi connectivity index (χ4v) is 2.01. The maximum atomic E-state index is 11.3. The zero-order valence-corrected chi connectivity index (χ0v) is 11.4. The van der Waals surface area contributed by atoms with Gasteiger partial charge >= 0.3 is 5.97 Å². The van der Waals surface area contributed by atoms with Gasteiger partial charge in [0.15, 0.2) is 0 Å². The maximum absolute atomic E-state index is 11.3. The van der Waals surface area contributed by atoms with E-state index < -0.39 is 5.97 Å². The lowest BCUT2D eigenvalue weighted by atomic mass is 10.0. The van der Waals surface area contributed by atoms with E-state index in [1.807, 2.05) is 6.07 Å². The number of benzene rings is 1. The summed E-state index contributed by atoms with van der Waals surface area (Å²) >= 11 is 0. The van der Waals surface area contributed by atoms with E-state index >= 15 is 0 Å². The average Bonchev–Trinajstić information content (AvgIpc) is 3.07. The van der Waals surface area contributed by atoms with Crippen LogP contribution in [0, 0.1) is 0 Å². The zero-order valence-electron chi connectivity index (χ0n) is 11.4. The standard InChI is InChI=1S/C13H12N6O2/c1-18-6-11(14-16-18)8-3-9(5-10(4-8)13(20)21)12-7-19(2)17-15-12/h3-7H,1-2H3,(H,20,21). The zero-order chi connectivity index (χ0) is 15.0. The summed E-state index contributed by atoms with van der Waals surface area (Å²) in [7, 11) is 3.50. The van der Waals surface area contributed by atoms with Gasteiger partial charge in [-0.3, -0.25) is 9.36 Å². The van der Waals surface area contributed by atoms with Crippen LogP contribution in [0.15, 0.2) is 30.6 Å². The van der Waals surface area contributed by atoms with Crippen LogP contribution < -0.4 is 0 Å². The predicted molar refractivity (Wildman–Crippen MR) is 73.4 cm³/mol. The van der Waals surface area contributed by atoms with E-state index in [9.17, 15) is 9.90 Å². The van der Waals surface area contributed by atoms with Crippen molar-refractivity contribution >= 4 is 5.97 Å². The van der Waals surface area contributed by atoms with Gasteiger partial charge in [-0.25, -0.2) is 4.79 Å². The van der Waals surface area contributed by atoms with Crippen LogP contribution in [0.4, 0.5) is 0 Å². The summed E-state index contributed by atoms with van der Waals surface area (Å²) in [5, 5.41) is 25.0. The first kappa shape index (κ1) is 13.0. The highest BCUT2D eigenvalue weighted by Crippen LogP contribution is 2.26. The Morgan fingerprint density at radius 1 is 0.952 bits per heavy atom. The highest BCUT2D eigenvalue weighted by molar-refractivity contribution is 5.91. The summed E-state index contributed by atoms with van der Waals surface area (Å²) in [6, 6.07) is 4.94. The van der Waals surface area contributed by atoms with Crippen LogP contribution in [0.5, 0.6) is 0 Å². The summed E-state index contributed by atoms with van der Waals surface area (Å²) < 4.78 is 3.12. The Kier molecular flexibility index (Phi) is 2.98. The maximum Gasteiger partial charge on any atom is 0.335 e. The van der Waals surface area contributed by atoms with Gasteiger partial charge in [0.25, 0.3) is 0 Å². The van der Waals surface area contributed by atoms with Crippen molar-refractivity contribution in [2.75, 3.05) is 0 Å². The van der Waals surface area contributed by atoms with Gasteiger partial charge in [-0.2, -0.15) is 0 Å². The molecule has 0 radical (unpaired) electrons. The number of hydrogen-bond donors (Lipinski definition) is 1. The first-order valence-electron chi connectivity index (χ1n) is 6.15. The smallest absolute Gasteiger partial charge is 0.335 e. The molecule has 8 heteroatoms. The second-order valence-corrected chi connectivity index (χ2v) is 4.66. The highest BCUT2D eigenvalue weighted by Gasteiger charge is 2.13. The summed E-state index contributed by atoms with van der Waals surface area (Å²) in [5.41, 5.74) is 2.71. The van der Waals surface area contributed by atoms with Gasteiger partial charge in [0.05, 0.1) is 18.0 Å².